The summed E-state index contributed by atoms with van der Waals surface area (Å²) in [6, 6.07) is 0. The van der Waals surface area contributed by atoms with Gasteiger partial charge in [0.05, 0.1) is 17.0 Å². The molecular formula is C13H18N4O2S3. The molecule has 1 N–H and O–H groups in total. The third-order valence-electron chi connectivity index (χ3n) is 2.63. The summed E-state index contributed by atoms with van der Waals surface area (Å²) in [4.78, 5) is 17.6. The number of anilines is 1. The van der Waals surface area contributed by atoms with E-state index in [0.717, 1.165) is 10.6 Å². The topological polar surface area (TPSA) is 77.0 Å². The van der Waals surface area contributed by atoms with Crippen molar-refractivity contribution in [2.24, 2.45) is 0 Å². The number of amides is 1. The minimum Gasteiger partial charge on any atom is -0.466 e. The third kappa shape index (κ3) is 4.65. The van der Waals surface area contributed by atoms with Gasteiger partial charge in [-0.2, -0.15) is 0 Å². The second-order valence-electron chi connectivity index (χ2n) is 4.91. The average molecular weight is 359 g/mol. The molecule has 0 aliphatic carbocycles. The van der Waals surface area contributed by atoms with Gasteiger partial charge in [-0.05, 0) is 46.0 Å². The first-order valence-electron chi connectivity index (χ1n) is 6.77. The lowest BCUT2D eigenvalue weighted by Gasteiger charge is -2.07. The van der Waals surface area contributed by atoms with Gasteiger partial charge in [-0.15, -0.1) is 16.4 Å². The number of nitrogens with one attached hydrogen (secondary N) is 1. The maximum atomic E-state index is 12.2. The standard InChI is InChI=1S/C13H18N4O2S3/c1-6(2)19-12-16-17-13(22-12)21-9(5)10(18)15-11-14-7(3)8(4)20-11/h6,9H,1-5H3,(H,14,15,18). The lowest BCUT2D eigenvalue weighted by molar-refractivity contribution is -0.115. The minimum atomic E-state index is -0.288. The number of rotatable bonds is 6. The summed E-state index contributed by atoms with van der Waals surface area (Å²) in [6.07, 6.45) is 0.0582. The summed E-state index contributed by atoms with van der Waals surface area (Å²) in [7, 11) is 0. The Hall–Kier alpha value is -1.19. The molecule has 2 heterocycles. The number of aryl methyl sites for hydroxylation is 2. The normalized spacial score (nSPS) is 12.5. The molecule has 0 spiro atoms. The van der Waals surface area contributed by atoms with Crippen molar-refractivity contribution in [2.45, 2.75) is 50.3 Å². The van der Waals surface area contributed by atoms with Crippen molar-refractivity contribution in [3.05, 3.63) is 10.6 Å². The molecule has 0 radical (unpaired) electrons. The second-order valence-corrected chi connectivity index (χ2v) is 8.64. The summed E-state index contributed by atoms with van der Waals surface area (Å²) in [6.45, 7) is 9.61. The van der Waals surface area contributed by atoms with Crippen LogP contribution in [0.3, 0.4) is 0 Å². The van der Waals surface area contributed by atoms with E-state index in [4.69, 9.17) is 4.74 Å². The van der Waals surface area contributed by atoms with Gasteiger partial charge in [-0.25, -0.2) is 4.98 Å². The van der Waals surface area contributed by atoms with Crippen molar-refractivity contribution in [3.8, 4) is 5.19 Å². The van der Waals surface area contributed by atoms with Gasteiger partial charge in [0.15, 0.2) is 9.47 Å². The summed E-state index contributed by atoms with van der Waals surface area (Å²) in [5, 5.41) is 11.7. The van der Waals surface area contributed by atoms with Crippen LogP contribution in [0.4, 0.5) is 5.13 Å². The average Bonchev–Trinajstić information content (AvgIpc) is 2.96. The predicted molar refractivity (Wildman–Crippen MR) is 91.2 cm³/mol. The Kier molecular flexibility index (Phi) is 5.76. The largest absolute Gasteiger partial charge is 0.466 e. The smallest absolute Gasteiger partial charge is 0.295 e. The van der Waals surface area contributed by atoms with Gasteiger partial charge in [0, 0.05) is 4.88 Å². The number of nitrogens with zero attached hydrogens (tertiary/aromatic N) is 3. The molecule has 6 nitrogen and oxygen atoms in total. The Balaban J connectivity index is 1.92. The minimum absolute atomic E-state index is 0.0582. The Labute approximate surface area is 141 Å². The van der Waals surface area contributed by atoms with E-state index in [-0.39, 0.29) is 17.3 Å². The number of hydrogen-bond donors (Lipinski definition) is 1. The van der Waals surface area contributed by atoms with Gasteiger partial charge in [-0.3, -0.25) is 4.79 Å². The number of aromatic nitrogens is 3. The number of carbonyl (C=O) groups is 1. The maximum absolute atomic E-state index is 12.2. The first kappa shape index (κ1) is 17.2. The van der Waals surface area contributed by atoms with Crippen LogP contribution in [0.25, 0.3) is 0 Å². The van der Waals surface area contributed by atoms with Gasteiger partial charge >= 0.3 is 0 Å². The second kappa shape index (κ2) is 7.38. The van der Waals surface area contributed by atoms with E-state index >= 15 is 0 Å². The molecule has 1 amide bonds. The van der Waals surface area contributed by atoms with Crippen molar-refractivity contribution in [3.63, 3.8) is 0 Å². The Morgan fingerprint density at radius 1 is 1.23 bits per heavy atom. The van der Waals surface area contributed by atoms with Gasteiger partial charge in [0.25, 0.3) is 5.19 Å². The molecular weight excluding hydrogens is 340 g/mol. The first-order valence-corrected chi connectivity index (χ1v) is 9.28. The van der Waals surface area contributed by atoms with Gasteiger partial charge in [0.1, 0.15) is 0 Å². The van der Waals surface area contributed by atoms with Crippen molar-refractivity contribution in [1.82, 2.24) is 15.2 Å². The highest BCUT2D eigenvalue weighted by atomic mass is 32.2. The fourth-order valence-corrected chi connectivity index (χ4v) is 4.20. The van der Waals surface area contributed by atoms with E-state index in [0.29, 0.717) is 14.7 Å². The molecule has 120 valence electrons. The number of carbonyl (C=O) groups excluding carboxylic acids is 1. The SMILES string of the molecule is Cc1nc(NC(=O)C(C)Sc2nnc(OC(C)C)s2)sc1C. The van der Waals surface area contributed by atoms with Crippen LogP contribution in [-0.2, 0) is 4.79 Å². The quantitative estimate of drug-likeness (QED) is 0.796. The molecule has 9 heteroatoms. The lowest BCUT2D eigenvalue weighted by atomic mass is 10.4. The van der Waals surface area contributed by atoms with Crippen molar-refractivity contribution in [2.75, 3.05) is 5.32 Å². The monoisotopic (exact) mass is 358 g/mol. The van der Waals surface area contributed by atoms with Crippen LogP contribution in [0.15, 0.2) is 4.34 Å². The van der Waals surface area contributed by atoms with Crippen LogP contribution < -0.4 is 10.1 Å². The zero-order valence-corrected chi connectivity index (χ0v) is 15.5. The van der Waals surface area contributed by atoms with E-state index in [2.05, 4.69) is 20.5 Å². The number of thiazole rings is 1. The number of thioether (sulfide) groups is 1. The molecule has 1 atom stereocenters. The van der Waals surface area contributed by atoms with Crippen LogP contribution in [0.1, 0.15) is 31.3 Å². The summed E-state index contributed by atoms with van der Waals surface area (Å²) < 4.78 is 6.18. The van der Waals surface area contributed by atoms with Crippen LogP contribution in [0, 0.1) is 13.8 Å². The highest BCUT2D eigenvalue weighted by Gasteiger charge is 2.19. The molecule has 0 bridgehead atoms. The fourth-order valence-electron chi connectivity index (χ4n) is 1.43. The number of hydrogen-bond acceptors (Lipinski definition) is 8. The molecule has 0 saturated heterocycles. The van der Waals surface area contributed by atoms with Crippen LogP contribution >= 0.6 is 34.4 Å². The molecule has 2 rings (SSSR count). The summed E-state index contributed by atoms with van der Waals surface area (Å²) in [5.74, 6) is -0.0970. The maximum Gasteiger partial charge on any atom is 0.295 e. The summed E-state index contributed by atoms with van der Waals surface area (Å²) >= 11 is 4.18. The lowest BCUT2D eigenvalue weighted by Crippen LogP contribution is -2.22. The molecule has 0 aromatic carbocycles. The highest BCUT2D eigenvalue weighted by molar-refractivity contribution is 8.02. The van der Waals surface area contributed by atoms with Gasteiger partial charge in [-0.1, -0.05) is 16.9 Å². The van der Waals surface area contributed by atoms with Crippen LogP contribution in [0.5, 0.6) is 5.19 Å². The summed E-state index contributed by atoms with van der Waals surface area (Å²) in [5.41, 5.74) is 0.945. The molecule has 0 fully saturated rings. The van der Waals surface area contributed by atoms with Crippen LogP contribution in [-0.4, -0.2) is 32.4 Å². The fraction of sp³-hybridized carbons (Fsp3) is 0.538. The highest BCUT2D eigenvalue weighted by Crippen LogP contribution is 2.31. The van der Waals surface area contributed by atoms with Crippen molar-refractivity contribution < 1.29 is 9.53 Å². The van der Waals surface area contributed by atoms with E-state index < -0.39 is 0 Å². The predicted octanol–water partition coefficient (Wildman–Crippen LogP) is 3.52. The van der Waals surface area contributed by atoms with E-state index in [1.807, 2.05) is 34.6 Å². The van der Waals surface area contributed by atoms with Crippen molar-refractivity contribution in [1.29, 1.82) is 0 Å². The molecule has 22 heavy (non-hydrogen) atoms. The molecule has 1 unspecified atom stereocenters. The Morgan fingerprint density at radius 3 is 2.55 bits per heavy atom. The molecule has 0 aliphatic heterocycles. The molecule has 2 aromatic rings. The number of ether oxygens (including phenoxy) is 1. The van der Waals surface area contributed by atoms with Gasteiger partial charge in [0.2, 0.25) is 5.91 Å². The molecule has 0 aliphatic rings. The van der Waals surface area contributed by atoms with E-state index in [9.17, 15) is 4.79 Å². The molecule has 0 saturated carbocycles. The van der Waals surface area contributed by atoms with E-state index in [1.165, 1.54) is 34.4 Å². The zero-order chi connectivity index (χ0) is 16.3. The first-order chi connectivity index (χ1) is 10.3. The third-order valence-corrected chi connectivity index (χ3v) is 5.62. The Morgan fingerprint density at radius 2 is 1.95 bits per heavy atom. The zero-order valence-electron chi connectivity index (χ0n) is 13.0. The van der Waals surface area contributed by atoms with E-state index in [1.54, 1.807) is 0 Å². The molecule has 2 aromatic heterocycles. The van der Waals surface area contributed by atoms with Crippen molar-refractivity contribution >= 4 is 45.5 Å². The van der Waals surface area contributed by atoms with Gasteiger partial charge < -0.3 is 10.1 Å². The van der Waals surface area contributed by atoms with Crippen LogP contribution in [0.2, 0.25) is 0 Å². The Bertz CT molecular complexity index is 634.